The van der Waals surface area contributed by atoms with Crippen molar-refractivity contribution in [1.29, 1.82) is 0 Å². The number of rotatable bonds is 4. The number of anilines is 1. The predicted molar refractivity (Wildman–Crippen MR) is 67.0 cm³/mol. The van der Waals surface area contributed by atoms with Crippen molar-refractivity contribution in [2.24, 2.45) is 0 Å². The maximum Gasteiger partial charge on any atom is 0.182 e. The second-order valence-corrected chi connectivity index (χ2v) is 4.10. The Balaban J connectivity index is 1.77. The van der Waals surface area contributed by atoms with Crippen LogP contribution in [-0.4, -0.2) is 35.8 Å². The number of H-pyrrole nitrogens is 1. The van der Waals surface area contributed by atoms with E-state index in [1.807, 2.05) is 16.9 Å². The Hall–Kier alpha value is -2.44. The van der Waals surface area contributed by atoms with Gasteiger partial charge in [-0.25, -0.2) is 15.0 Å². The third-order valence-electron chi connectivity index (χ3n) is 2.63. The third-order valence-corrected chi connectivity index (χ3v) is 2.63. The highest BCUT2D eigenvalue weighted by molar-refractivity contribution is 5.81. The third kappa shape index (κ3) is 2.02. The first-order valence-electron chi connectivity index (χ1n) is 5.71. The Kier molecular flexibility index (Phi) is 2.64. The fraction of sp³-hybridized carbons (Fsp3) is 0.273. The summed E-state index contributed by atoms with van der Waals surface area (Å²) in [5.74, 6) is 0.761. The molecule has 0 aliphatic rings. The summed E-state index contributed by atoms with van der Waals surface area (Å²) in [6.07, 6.45) is 6.82. The highest BCUT2D eigenvalue weighted by Crippen LogP contribution is 2.15. The maximum absolute atomic E-state index is 4.23. The molecule has 0 aliphatic heterocycles. The fourth-order valence-electron chi connectivity index (χ4n) is 1.84. The largest absolute Gasteiger partial charge is 0.364 e. The first-order valence-corrected chi connectivity index (χ1v) is 5.71. The summed E-state index contributed by atoms with van der Waals surface area (Å²) >= 11 is 0. The summed E-state index contributed by atoms with van der Waals surface area (Å²) in [6, 6.07) is 2.11. The lowest BCUT2D eigenvalue weighted by molar-refractivity contribution is 0.560. The molecule has 0 saturated heterocycles. The number of hydrogen-bond acceptors (Lipinski definition) is 5. The van der Waals surface area contributed by atoms with Gasteiger partial charge < -0.3 is 10.3 Å². The Bertz CT molecular complexity index is 628. The number of imidazole rings is 1. The molecule has 7 nitrogen and oxygen atoms in total. The molecule has 3 heterocycles. The molecule has 0 aromatic carbocycles. The van der Waals surface area contributed by atoms with Crippen LogP contribution in [0.1, 0.15) is 6.92 Å². The van der Waals surface area contributed by atoms with E-state index < -0.39 is 0 Å². The van der Waals surface area contributed by atoms with Crippen molar-refractivity contribution >= 4 is 17.0 Å². The SMILES string of the molecule is CC(Cn1cccn1)Nc1ncnc2nc[nH]c12. The lowest BCUT2D eigenvalue weighted by atomic mass is 10.3. The molecule has 0 aliphatic carbocycles. The molecular formula is C11H13N7. The van der Waals surface area contributed by atoms with E-state index in [0.29, 0.717) is 5.65 Å². The quantitative estimate of drug-likeness (QED) is 0.715. The molecular weight excluding hydrogens is 230 g/mol. The van der Waals surface area contributed by atoms with E-state index >= 15 is 0 Å². The summed E-state index contributed by atoms with van der Waals surface area (Å²) in [5, 5.41) is 7.50. The molecule has 3 aromatic heterocycles. The smallest absolute Gasteiger partial charge is 0.182 e. The molecule has 2 N–H and O–H groups in total. The molecule has 7 heteroatoms. The second-order valence-electron chi connectivity index (χ2n) is 4.10. The maximum atomic E-state index is 4.23. The van der Waals surface area contributed by atoms with E-state index in [1.54, 1.807) is 12.5 Å². The zero-order valence-corrected chi connectivity index (χ0v) is 9.91. The summed E-state index contributed by atoms with van der Waals surface area (Å²) in [6.45, 7) is 2.85. The molecule has 1 atom stereocenters. The number of nitrogens with one attached hydrogen (secondary N) is 2. The summed E-state index contributed by atoms with van der Waals surface area (Å²) in [4.78, 5) is 15.4. The minimum atomic E-state index is 0.200. The molecule has 0 fully saturated rings. The van der Waals surface area contributed by atoms with Gasteiger partial charge in [-0.15, -0.1) is 0 Å². The Morgan fingerprint density at radius 2 is 2.33 bits per heavy atom. The molecule has 3 rings (SSSR count). The zero-order chi connectivity index (χ0) is 12.4. The zero-order valence-electron chi connectivity index (χ0n) is 9.91. The monoisotopic (exact) mass is 243 g/mol. The van der Waals surface area contributed by atoms with Gasteiger partial charge in [0.1, 0.15) is 11.8 Å². The topological polar surface area (TPSA) is 84.3 Å². The van der Waals surface area contributed by atoms with Crippen LogP contribution in [0.3, 0.4) is 0 Å². The van der Waals surface area contributed by atoms with E-state index in [9.17, 15) is 0 Å². The predicted octanol–water partition coefficient (Wildman–Crippen LogP) is 1.05. The fourth-order valence-corrected chi connectivity index (χ4v) is 1.84. The minimum Gasteiger partial charge on any atom is -0.364 e. The van der Waals surface area contributed by atoms with E-state index in [1.165, 1.54) is 6.33 Å². The summed E-state index contributed by atoms with van der Waals surface area (Å²) in [5.41, 5.74) is 1.49. The van der Waals surface area contributed by atoms with Gasteiger partial charge in [0.25, 0.3) is 0 Å². The molecule has 0 amide bonds. The molecule has 1 unspecified atom stereocenters. The number of aromatic amines is 1. The van der Waals surface area contributed by atoms with E-state index in [2.05, 4.69) is 37.3 Å². The molecule has 0 radical (unpaired) electrons. The van der Waals surface area contributed by atoms with E-state index in [4.69, 9.17) is 0 Å². The van der Waals surface area contributed by atoms with Crippen molar-refractivity contribution in [3.63, 3.8) is 0 Å². The van der Waals surface area contributed by atoms with Crippen molar-refractivity contribution in [3.8, 4) is 0 Å². The number of nitrogens with zero attached hydrogens (tertiary/aromatic N) is 5. The normalized spacial score (nSPS) is 12.7. The van der Waals surface area contributed by atoms with Crippen molar-refractivity contribution in [1.82, 2.24) is 29.7 Å². The van der Waals surface area contributed by atoms with Crippen LogP contribution in [0.2, 0.25) is 0 Å². The van der Waals surface area contributed by atoms with Crippen LogP contribution in [0.15, 0.2) is 31.1 Å². The van der Waals surface area contributed by atoms with Gasteiger partial charge in [-0.2, -0.15) is 5.10 Å². The molecule has 0 spiro atoms. The van der Waals surface area contributed by atoms with Gasteiger partial charge in [0.2, 0.25) is 0 Å². The first kappa shape index (κ1) is 10.7. The Morgan fingerprint density at radius 3 is 3.17 bits per heavy atom. The van der Waals surface area contributed by atoms with Gasteiger partial charge in [-0.1, -0.05) is 0 Å². The van der Waals surface area contributed by atoms with Crippen LogP contribution in [-0.2, 0) is 6.54 Å². The van der Waals surface area contributed by atoms with Crippen LogP contribution in [0.25, 0.3) is 11.2 Å². The van der Waals surface area contributed by atoms with Crippen molar-refractivity contribution in [3.05, 3.63) is 31.1 Å². The summed E-state index contributed by atoms with van der Waals surface area (Å²) < 4.78 is 1.88. The van der Waals surface area contributed by atoms with Gasteiger partial charge in [-0.3, -0.25) is 4.68 Å². The van der Waals surface area contributed by atoms with Crippen LogP contribution in [0.5, 0.6) is 0 Å². The molecule has 0 saturated carbocycles. The Morgan fingerprint density at radius 1 is 1.39 bits per heavy atom. The van der Waals surface area contributed by atoms with Crippen LogP contribution in [0.4, 0.5) is 5.82 Å². The molecule has 0 bridgehead atoms. The van der Waals surface area contributed by atoms with E-state index in [-0.39, 0.29) is 6.04 Å². The minimum absolute atomic E-state index is 0.200. The van der Waals surface area contributed by atoms with Crippen molar-refractivity contribution in [2.45, 2.75) is 19.5 Å². The van der Waals surface area contributed by atoms with E-state index in [0.717, 1.165) is 17.9 Å². The van der Waals surface area contributed by atoms with Crippen molar-refractivity contribution < 1.29 is 0 Å². The second kappa shape index (κ2) is 4.44. The Labute approximate surface area is 103 Å². The molecule has 92 valence electrons. The van der Waals surface area contributed by atoms with Gasteiger partial charge in [0, 0.05) is 18.4 Å². The number of aromatic nitrogens is 6. The lowest BCUT2D eigenvalue weighted by Gasteiger charge is -2.14. The van der Waals surface area contributed by atoms with Crippen LogP contribution < -0.4 is 5.32 Å². The summed E-state index contributed by atoms with van der Waals surface area (Å²) in [7, 11) is 0. The van der Waals surface area contributed by atoms with Crippen LogP contribution in [0, 0.1) is 0 Å². The highest BCUT2D eigenvalue weighted by atomic mass is 15.3. The van der Waals surface area contributed by atoms with Crippen molar-refractivity contribution in [2.75, 3.05) is 5.32 Å². The van der Waals surface area contributed by atoms with Gasteiger partial charge >= 0.3 is 0 Å². The van der Waals surface area contributed by atoms with Gasteiger partial charge in [0.15, 0.2) is 11.5 Å². The molecule has 18 heavy (non-hydrogen) atoms. The van der Waals surface area contributed by atoms with Crippen LogP contribution >= 0.6 is 0 Å². The average Bonchev–Trinajstić information content (AvgIpc) is 2.99. The standard InChI is InChI=1S/C11H13N7/c1-8(5-18-4-2-3-16-18)17-11-9-10(13-6-12-9)14-7-15-11/h2-4,6-8H,5H2,1H3,(H2,12,13,14,15,17). The van der Waals surface area contributed by atoms with Gasteiger partial charge in [0.05, 0.1) is 12.9 Å². The molecule has 3 aromatic rings. The average molecular weight is 243 g/mol. The highest BCUT2D eigenvalue weighted by Gasteiger charge is 2.09. The van der Waals surface area contributed by atoms with Gasteiger partial charge in [-0.05, 0) is 13.0 Å². The first-order chi connectivity index (χ1) is 8.83. The number of fused-ring (bicyclic) bond motifs is 1. The lowest BCUT2D eigenvalue weighted by Crippen LogP contribution is -2.23. The number of hydrogen-bond donors (Lipinski definition) is 2.